The Bertz CT molecular complexity index is 674. The minimum Gasteiger partial charge on any atom is -0.444 e. The molecule has 1 unspecified atom stereocenters. The highest BCUT2D eigenvalue weighted by Gasteiger charge is 2.34. The average molecular weight is 381 g/mol. The van der Waals surface area contributed by atoms with Crippen molar-refractivity contribution in [3.63, 3.8) is 0 Å². The number of carbonyl (C=O) groups is 1. The molecule has 0 radical (unpaired) electrons. The van der Waals surface area contributed by atoms with Crippen LogP contribution in [0.2, 0.25) is 5.28 Å². The first-order valence-corrected chi connectivity index (χ1v) is 9.96. The van der Waals surface area contributed by atoms with E-state index in [1.54, 1.807) is 0 Å². The molecule has 1 atom stereocenters. The zero-order chi connectivity index (χ0) is 18.9. The predicted octanol–water partition coefficient (Wildman–Crippen LogP) is 3.84. The van der Waals surface area contributed by atoms with Crippen molar-refractivity contribution < 1.29 is 9.53 Å². The van der Waals surface area contributed by atoms with E-state index in [2.05, 4.69) is 14.9 Å². The number of ether oxygens (including phenoxy) is 1. The molecule has 6 nitrogen and oxygen atoms in total. The summed E-state index contributed by atoms with van der Waals surface area (Å²) in [6, 6.07) is 0.128. The van der Waals surface area contributed by atoms with Crippen LogP contribution in [0.4, 0.5) is 10.6 Å². The van der Waals surface area contributed by atoms with E-state index in [9.17, 15) is 4.79 Å². The highest BCUT2D eigenvalue weighted by molar-refractivity contribution is 6.28. The lowest BCUT2D eigenvalue weighted by molar-refractivity contribution is 0.0191. The number of nitrogens with zero attached hydrogens (tertiary/aromatic N) is 4. The summed E-state index contributed by atoms with van der Waals surface area (Å²) in [4.78, 5) is 25.6. The maximum absolute atomic E-state index is 12.5. The van der Waals surface area contributed by atoms with Gasteiger partial charge in [0.15, 0.2) is 0 Å². The summed E-state index contributed by atoms with van der Waals surface area (Å²) < 4.78 is 5.58. The van der Waals surface area contributed by atoms with Gasteiger partial charge in [-0.1, -0.05) is 0 Å². The van der Waals surface area contributed by atoms with E-state index in [1.807, 2.05) is 32.6 Å². The second-order valence-electron chi connectivity index (χ2n) is 8.10. The fourth-order valence-corrected chi connectivity index (χ4v) is 4.03. The number of aromatic nitrogens is 2. The van der Waals surface area contributed by atoms with Crippen LogP contribution in [0.25, 0.3) is 0 Å². The van der Waals surface area contributed by atoms with Crippen LogP contribution in [0.15, 0.2) is 0 Å². The van der Waals surface area contributed by atoms with Gasteiger partial charge in [0.2, 0.25) is 5.28 Å². The Morgan fingerprint density at radius 1 is 1.31 bits per heavy atom. The summed E-state index contributed by atoms with van der Waals surface area (Å²) in [6.45, 7) is 9.95. The zero-order valence-corrected chi connectivity index (χ0v) is 17.0. The summed E-state index contributed by atoms with van der Waals surface area (Å²) in [6.07, 6.45) is 4.97. The number of fused-ring (bicyclic) bond motifs is 1. The Morgan fingerprint density at radius 2 is 2.04 bits per heavy atom. The molecule has 2 aliphatic rings. The standard InChI is InChI=1S/C19H29ClN4O2/c1-5-24(18(25)26-19(2,3)4)13-10-11-23(12-13)16-14-8-6-7-9-15(14)21-17(20)22-16/h13H,5-12H2,1-4H3. The van der Waals surface area contributed by atoms with Crippen molar-refractivity contribution in [1.82, 2.24) is 14.9 Å². The van der Waals surface area contributed by atoms with E-state index >= 15 is 0 Å². The monoisotopic (exact) mass is 380 g/mol. The summed E-state index contributed by atoms with van der Waals surface area (Å²) in [5.74, 6) is 0.961. The lowest BCUT2D eigenvalue weighted by Crippen LogP contribution is -2.44. The molecule has 7 heteroatoms. The molecule has 0 bridgehead atoms. The Hall–Kier alpha value is -1.56. The molecule has 0 N–H and O–H groups in total. The van der Waals surface area contributed by atoms with Crippen LogP contribution in [0.3, 0.4) is 0 Å². The van der Waals surface area contributed by atoms with Gasteiger partial charge in [-0.2, -0.15) is 0 Å². The third-order valence-corrected chi connectivity index (χ3v) is 5.18. The SMILES string of the molecule is CCN(C(=O)OC(C)(C)C)C1CCN(c2nc(Cl)nc3c2CCCC3)C1. The zero-order valence-electron chi connectivity index (χ0n) is 16.2. The molecule has 1 fully saturated rings. The van der Waals surface area contributed by atoms with Crippen molar-refractivity contribution in [2.75, 3.05) is 24.5 Å². The van der Waals surface area contributed by atoms with Crippen LogP contribution < -0.4 is 4.90 Å². The molecular formula is C19H29ClN4O2. The topological polar surface area (TPSA) is 58.6 Å². The van der Waals surface area contributed by atoms with Crippen molar-refractivity contribution in [1.29, 1.82) is 0 Å². The maximum atomic E-state index is 12.5. The normalized spacial score (nSPS) is 20.0. The van der Waals surface area contributed by atoms with Crippen LogP contribution in [0.1, 0.15) is 58.2 Å². The smallest absolute Gasteiger partial charge is 0.410 e. The van der Waals surface area contributed by atoms with Gasteiger partial charge >= 0.3 is 6.09 Å². The molecule has 1 saturated heterocycles. The molecule has 1 aliphatic heterocycles. The predicted molar refractivity (Wildman–Crippen MR) is 103 cm³/mol. The number of hydrogen-bond acceptors (Lipinski definition) is 5. The molecular weight excluding hydrogens is 352 g/mol. The second-order valence-corrected chi connectivity index (χ2v) is 8.44. The van der Waals surface area contributed by atoms with E-state index in [0.29, 0.717) is 11.8 Å². The molecule has 144 valence electrons. The summed E-state index contributed by atoms with van der Waals surface area (Å²) in [5.41, 5.74) is 1.85. The van der Waals surface area contributed by atoms with Crippen molar-refractivity contribution in [2.24, 2.45) is 0 Å². The van der Waals surface area contributed by atoms with Crippen molar-refractivity contribution >= 4 is 23.5 Å². The van der Waals surface area contributed by atoms with E-state index in [4.69, 9.17) is 16.3 Å². The number of likely N-dealkylation sites (N-methyl/N-ethyl adjacent to an activating group) is 1. The molecule has 0 spiro atoms. The Labute approximate surface area is 160 Å². The number of halogens is 1. The van der Waals surface area contributed by atoms with Crippen LogP contribution in [0.5, 0.6) is 0 Å². The summed E-state index contributed by atoms with van der Waals surface area (Å²) in [7, 11) is 0. The highest BCUT2D eigenvalue weighted by atomic mass is 35.5. The quantitative estimate of drug-likeness (QED) is 0.745. The van der Waals surface area contributed by atoms with Gasteiger partial charge in [0, 0.05) is 25.2 Å². The first-order valence-electron chi connectivity index (χ1n) is 9.58. The van der Waals surface area contributed by atoms with Gasteiger partial charge in [0.25, 0.3) is 0 Å². The molecule has 1 aromatic rings. The molecule has 1 aromatic heterocycles. The van der Waals surface area contributed by atoms with Crippen LogP contribution in [-0.2, 0) is 17.6 Å². The van der Waals surface area contributed by atoms with Crippen LogP contribution >= 0.6 is 11.6 Å². The maximum Gasteiger partial charge on any atom is 0.410 e. The lowest BCUT2D eigenvalue weighted by Gasteiger charge is -2.31. The Balaban J connectivity index is 1.76. The van der Waals surface area contributed by atoms with Crippen molar-refractivity contribution in [2.45, 2.75) is 71.4 Å². The third kappa shape index (κ3) is 4.22. The van der Waals surface area contributed by atoms with Gasteiger partial charge < -0.3 is 14.5 Å². The first kappa shape index (κ1) is 19.2. The minimum absolute atomic E-state index is 0.128. The van der Waals surface area contributed by atoms with Gasteiger partial charge in [-0.15, -0.1) is 0 Å². The number of hydrogen-bond donors (Lipinski definition) is 0. The first-order chi connectivity index (χ1) is 12.3. The second kappa shape index (κ2) is 7.59. The van der Waals surface area contributed by atoms with Gasteiger partial charge in [-0.25, -0.2) is 14.8 Å². The van der Waals surface area contributed by atoms with Gasteiger partial charge in [0.1, 0.15) is 11.4 Å². The summed E-state index contributed by atoms with van der Waals surface area (Å²) >= 11 is 6.18. The van der Waals surface area contributed by atoms with Crippen molar-refractivity contribution in [3.8, 4) is 0 Å². The fraction of sp³-hybridized carbons (Fsp3) is 0.737. The van der Waals surface area contributed by atoms with Gasteiger partial charge in [-0.3, -0.25) is 0 Å². The van der Waals surface area contributed by atoms with Gasteiger partial charge in [0.05, 0.1) is 11.7 Å². The third-order valence-electron chi connectivity index (χ3n) is 5.01. The largest absolute Gasteiger partial charge is 0.444 e. The van der Waals surface area contributed by atoms with Crippen LogP contribution in [-0.4, -0.2) is 52.2 Å². The molecule has 3 rings (SSSR count). The molecule has 1 aliphatic carbocycles. The molecule has 26 heavy (non-hydrogen) atoms. The van der Waals surface area contributed by atoms with Crippen molar-refractivity contribution in [3.05, 3.63) is 16.5 Å². The number of rotatable bonds is 3. The van der Waals surface area contributed by atoms with E-state index in [0.717, 1.165) is 50.3 Å². The molecule has 0 saturated carbocycles. The van der Waals surface area contributed by atoms with E-state index in [1.165, 1.54) is 12.0 Å². The minimum atomic E-state index is -0.484. The average Bonchev–Trinajstić information content (AvgIpc) is 3.02. The number of carbonyl (C=O) groups excluding carboxylic acids is 1. The number of amides is 1. The Morgan fingerprint density at radius 3 is 2.73 bits per heavy atom. The molecule has 2 heterocycles. The lowest BCUT2D eigenvalue weighted by atomic mass is 9.96. The molecule has 0 aromatic carbocycles. The Kier molecular flexibility index (Phi) is 5.61. The van der Waals surface area contributed by atoms with Gasteiger partial charge in [-0.05, 0) is 71.4 Å². The van der Waals surface area contributed by atoms with Crippen LogP contribution in [0, 0.1) is 0 Å². The summed E-state index contributed by atoms with van der Waals surface area (Å²) in [5, 5.41) is 0.323. The van der Waals surface area contributed by atoms with E-state index in [-0.39, 0.29) is 12.1 Å². The number of aryl methyl sites for hydroxylation is 1. The highest BCUT2D eigenvalue weighted by Crippen LogP contribution is 2.32. The fourth-order valence-electron chi connectivity index (χ4n) is 3.85. The van der Waals surface area contributed by atoms with E-state index < -0.39 is 5.60 Å². The molecule has 1 amide bonds. The number of anilines is 1.